The van der Waals surface area contributed by atoms with Gasteiger partial charge in [0.25, 0.3) is 0 Å². The molecule has 0 N–H and O–H groups in total. The second-order valence-electron chi connectivity index (χ2n) is 6.40. The van der Waals surface area contributed by atoms with E-state index in [1.54, 1.807) is 0 Å². The number of hydrogen-bond donors (Lipinski definition) is 0. The highest BCUT2D eigenvalue weighted by molar-refractivity contribution is 6.31. The molecule has 1 nitrogen and oxygen atoms in total. The van der Waals surface area contributed by atoms with Crippen LogP contribution in [0.15, 0.2) is 72.8 Å². The number of rotatable bonds is 2. The molecule has 0 atom stereocenters. The molecular weight excluding hydrogens is 361 g/mol. The first-order chi connectivity index (χ1) is 12.1. The largest absolute Gasteiger partial charge is 0.248 e. The summed E-state index contributed by atoms with van der Waals surface area (Å²) in [6, 6.07) is 25.0. The average molecular weight is 380 g/mol. The van der Waals surface area contributed by atoms with Crippen LogP contribution in [-0.4, -0.2) is 4.98 Å². The lowest BCUT2D eigenvalue weighted by atomic mass is 9.96. The van der Waals surface area contributed by atoms with E-state index in [0.717, 1.165) is 27.2 Å². The molecule has 0 bridgehead atoms. The second kappa shape index (κ2) is 7.49. The first-order valence-electron chi connectivity index (χ1n) is 8.35. The summed E-state index contributed by atoms with van der Waals surface area (Å²) >= 11 is 6.25. The average Bonchev–Trinajstić information content (AvgIpc) is 2.63. The van der Waals surface area contributed by atoms with Crippen LogP contribution in [0, 0.1) is 13.8 Å². The Hall–Kier alpha value is -2.35. The molecule has 4 aromatic rings. The number of hydrogen-bond acceptors (Lipinski definition) is 1. The zero-order chi connectivity index (χ0) is 17.4. The lowest BCUT2D eigenvalue weighted by Gasteiger charge is -2.13. The fraction of sp³-hybridized carbons (Fsp3) is 0.0870. The second-order valence-corrected chi connectivity index (χ2v) is 6.84. The molecule has 0 saturated heterocycles. The maximum absolute atomic E-state index is 6.25. The molecule has 26 heavy (non-hydrogen) atoms. The lowest BCUT2D eigenvalue weighted by Crippen LogP contribution is -1.92. The Kier molecular flexibility index (Phi) is 5.31. The van der Waals surface area contributed by atoms with Crippen molar-refractivity contribution in [2.24, 2.45) is 0 Å². The third-order valence-electron chi connectivity index (χ3n) is 4.52. The van der Waals surface area contributed by atoms with Gasteiger partial charge in [-0.05, 0) is 60.9 Å². The van der Waals surface area contributed by atoms with Crippen molar-refractivity contribution in [3.8, 4) is 22.4 Å². The summed E-state index contributed by atoms with van der Waals surface area (Å²) in [4.78, 5) is 4.92. The van der Waals surface area contributed by atoms with Crippen LogP contribution in [0.2, 0.25) is 5.02 Å². The number of nitrogens with zero attached hydrogens (tertiary/aromatic N) is 1. The van der Waals surface area contributed by atoms with Crippen LogP contribution in [0.25, 0.3) is 33.3 Å². The van der Waals surface area contributed by atoms with E-state index in [0.29, 0.717) is 0 Å². The van der Waals surface area contributed by atoms with Crippen LogP contribution in [0.1, 0.15) is 11.1 Å². The molecule has 0 radical (unpaired) electrons. The summed E-state index contributed by atoms with van der Waals surface area (Å²) in [5.74, 6) is 0. The molecule has 4 rings (SSSR count). The van der Waals surface area contributed by atoms with E-state index in [1.165, 1.54) is 22.3 Å². The van der Waals surface area contributed by atoms with Gasteiger partial charge in [-0.15, -0.1) is 12.4 Å². The quantitative estimate of drug-likeness (QED) is 0.357. The Balaban J connectivity index is 0.00000196. The molecule has 0 fully saturated rings. The van der Waals surface area contributed by atoms with Crippen LogP contribution in [0.5, 0.6) is 0 Å². The summed E-state index contributed by atoms with van der Waals surface area (Å²) in [6.07, 6.45) is 0. The molecule has 0 amide bonds. The van der Waals surface area contributed by atoms with Gasteiger partial charge in [-0.25, -0.2) is 4.98 Å². The summed E-state index contributed by atoms with van der Waals surface area (Å²) < 4.78 is 0. The van der Waals surface area contributed by atoms with E-state index >= 15 is 0 Å². The van der Waals surface area contributed by atoms with Gasteiger partial charge in [0.1, 0.15) is 0 Å². The third kappa shape index (κ3) is 3.46. The van der Waals surface area contributed by atoms with E-state index in [4.69, 9.17) is 16.6 Å². The minimum absolute atomic E-state index is 0. The molecule has 0 aliphatic rings. The molecule has 0 saturated carbocycles. The molecular formula is C23H19Cl2N. The highest BCUT2D eigenvalue weighted by atomic mass is 35.5. The molecule has 0 spiro atoms. The van der Waals surface area contributed by atoms with Crippen LogP contribution in [0.3, 0.4) is 0 Å². The van der Waals surface area contributed by atoms with Crippen molar-refractivity contribution in [1.29, 1.82) is 0 Å². The topological polar surface area (TPSA) is 12.9 Å². The van der Waals surface area contributed by atoms with Crippen LogP contribution in [0.4, 0.5) is 0 Å². The summed E-state index contributed by atoms with van der Waals surface area (Å²) in [6.45, 7) is 4.24. The van der Waals surface area contributed by atoms with Crippen LogP contribution in [-0.2, 0) is 0 Å². The predicted molar refractivity (Wildman–Crippen MR) is 114 cm³/mol. The number of pyridine rings is 1. The zero-order valence-electron chi connectivity index (χ0n) is 14.7. The van der Waals surface area contributed by atoms with Gasteiger partial charge >= 0.3 is 0 Å². The molecule has 1 aromatic heterocycles. The van der Waals surface area contributed by atoms with Gasteiger partial charge in [0.15, 0.2) is 0 Å². The van der Waals surface area contributed by atoms with Crippen LogP contribution < -0.4 is 0 Å². The van der Waals surface area contributed by atoms with Gasteiger partial charge in [-0.3, -0.25) is 0 Å². The fourth-order valence-electron chi connectivity index (χ4n) is 3.20. The minimum Gasteiger partial charge on any atom is -0.248 e. The van der Waals surface area contributed by atoms with Gasteiger partial charge in [-0.1, -0.05) is 59.6 Å². The Morgan fingerprint density at radius 1 is 0.769 bits per heavy atom. The van der Waals surface area contributed by atoms with E-state index in [9.17, 15) is 0 Å². The number of halogens is 2. The van der Waals surface area contributed by atoms with Gasteiger partial charge in [0, 0.05) is 16.0 Å². The molecule has 3 heteroatoms. The lowest BCUT2D eigenvalue weighted by molar-refractivity contribution is 1.33. The summed E-state index contributed by atoms with van der Waals surface area (Å²) in [5, 5.41) is 1.80. The normalized spacial score (nSPS) is 10.6. The first-order valence-corrected chi connectivity index (χ1v) is 8.73. The number of fused-ring (bicyclic) bond motifs is 1. The highest BCUT2D eigenvalue weighted by Gasteiger charge is 2.11. The van der Waals surface area contributed by atoms with Crippen molar-refractivity contribution in [3.63, 3.8) is 0 Å². The smallest absolute Gasteiger partial charge is 0.0718 e. The molecule has 0 aliphatic carbocycles. The Labute approximate surface area is 165 Å². The standard InChI is InChI=1S/C23H18ClN.ClH/c1-15-8-9-16(2)19(12-15)23-14-20(17-6-4-3-5-7-17)21-13-18(24)10-11-22(21)25-23;/h3-14H,1-2H3;1H. The molecule has 130 valence electrons. The summed E-state index contributed by atoms with van der Waals surface area (Å²) in [5.41, 5.74) is 7.92. The molecule has 0 unspecified atom stereocenters. The van der Waals surface area contributed by atoms with Gasteiger partial charge < -0.3 is 0 Å². The Bertz CT molecular complexity index is 1070. The van der Waals surface area contributed by atoms with Gasteiger partial charge in [0.2, 0.25) is 0 Å². The van der Waals surface area contributed by atoms with Crippen molar-refractivity contribution >= 4 is 34.9 Å². The van der Waals surface area contributed by atoms with E-state index < -0.39 is 0 Å². The minimum atomic E-state index is 0. The van der Waals surface area contributed by atoms with E-state index in [-0.39, 0.29) is 12.4 Å². The predicted octanol–water partition coefficient (Wildman–Crippen LogP) is 7.26. The molecule has 3 aromatic carbocycles. The number of aryl methyl sites for hydroxylation is 2. The first kappa shape index (κ1) is 18.4. The van der Waals surface area contributed by atoms with Crippen molar-refractivity contribution in [2.75, 3.05) is 0 Å². The van der Waals surface area contributed by atoms with Crippen molar-refractivity contribution < 1.29 is 0 Å². The van der Waals surface area contributed by atoms with Gasteiger partial charge in [-0.2, -0.15) is 0 Å². The van der Waals surface area contributed by atoms with Crippen molar-refractivity contribution in [2.45, 2.75) is 13.8 Å². The number of aromatic nitrogens is 1. The van der Waals surface area contributed by atoms with E-state index in [1.807, 2.05) is 24.3 Å². The van der Waals surface area contributed by atoms with Gasteiger partial charge in [0.05, 0.1) is 11.2 Å². The maximum Gasteiger partial charge on any atom is 0.0718 e. The fourth-order valence-corrected chi connectivity index (χ4v) is 3.38. The number of benzene rings is 3. The van der Waals surface area contributed by atoms with Crippen molar-refractivity contribution in [3.05, 3.63) is 88.9 Å². The molecule has 1 heterocycles. The third-order valence-corrected chi connectivity index (χ3v) is 4.76. The Morgan fingerprint density at radius 2 is 1.54 bits per heavy atom. The maximum atomic E-state index is 6.25. The highest BCUT2D eigenvalue weighted by Crippen LogP contribution is 2.34. The summed E-state index contributed by atoms with van der Waals surface area (Å²) in [7, 11) is 0. The Morgan fingerprint density at radius 3 is 2.31 bits per heavy atom. The van der Waals surface area contributed by atoms with Crippen molar-refractivity contribution in [1.82, 2.24) is 4.98 Å². The van der Waals surface area contributed by atoms with Crippen LogP contribution >= 0.6 is 24.0 Å². The molecule has 0 aliphatic heterocycles. The zero-order valence-corrected chi connectivity index (χ0v) is 16.2. The monoisotopic (exact) mass is 379 g/mol. The van der Waals surface area contributed by atoms with E-state index in [2.05, 4.69) is 62.4 Å². The SMILES string of the molecule is Cc1ccc(C)c(-c2cc(-c3ccccc3)c3cc(Cl)ccc3n2)c1.Cl.